The normalized spacial score (nSPS) is 10.5. The van der Waals surface area contributed by atoms with E-state index >= 15 is 0 Å². The third-order valence-electron chi connectivity index (χ3n) is 2.35. The highest BCUT2D eigenvalue weighted by atomic mass is 35.5. The molecule has 0 radical (unpaired) electrons. The molecular formula is C12H7Cl2F2NO. The van der Waals surface area contributed by atoms with E-state index in [1.807, 2.05) is 0 Å². The monoisotopic (exact) mass is 289 g/mol. The van der Waals surface area contributed by atoms with Crippen molar-refractivity contribution in [2.24, 2.45) is 0 Å². The number of benzene rings is 1. The summed E-state index contributed by atoms with van der Waals surface area (Å²) in [5.41, 5.74) is -0.244. The van der Waals surface area contributed by atoms with Crippen LogP contribution in [0.15, 0.2) is 24.4 Å². The average Bonchev–Trinajstić information content (AvgIpc) is 2.34. The molecule has 0 N–H and O–H groups in total. The molecule has 2 rings (SSSR count). The summed E-state index contributed by atoms with van der Waals surface area (Å²) >= 11 is 11.4. The molecule has 6 heteroatoms. The van der Waals surface area contributed by atoms with Crippen molar-refractivity contribution in [3.05, 3.63) is 46.1 Å². The molecule has 18 heavy (non-hydrogen) atoms. The van der Waals surface area contributed by atoms with E-state index in [0.717, 1.165) is 0 Å². The summed E-state index contributed by atoms with van der Waals surface area (Å²) < 4.78 is 32.7. The number of hydrogen-bond donors (Lipinski definition) is 0. The van der Waals surface area contributed by atoms with Crippen molar-refractivity contribution in [1.82, 2.24) is 4.98 Å². The van der Waals surface area contributed by atoms with Crippen LogP contribution in [0.1, 0.15) is 0 Å². The number of methoxy groups -OCH3 is 1. The molecule has 1 heterocycles. The van der Waals surface area contributed by atoms with E-state index in [4.69, 9.17) is 27.9 Å². The molecule has 0 saturated carbocycles. The maximum Gasteiger partial charge on any atom is 0.176 e. The molecule has 0 amide bonds. The predicted molar refractivity (Wildman–Crippen MR) is 66.2 cm³/mol. The van der Waals surface area contributed by atoms with E-state index in [9.17, 15) is 8.78 Å². The molecule has 1 aromatic carbocycles. The van der Waals surface area contributed by atoms with E-state index < -0.39 is 11.6 Å². The molecule has 0 aliphatic heterocycles. The molecule has 0 saturated heterocycles. The predicted octanol–water partition coefficient (Wildman–Crippen LogP) is 4.34. The maximum atomic E-state index is 14.1. The second kappa shape index (κ2) is 5.08. The minimum atomic E-state index is -0.789. The summed E-state index contributed by atoms with van der Waals surface area (Å²) in [6.07, 6.45) is 1.29. The van der Waals surface area contributed by atoms with Crippen LogP contribution >= 0.6 is 23.2 Å². The molecule has 0 bridgehead atoms. The Morgan fingerprint density at radius 3 is 2.44 bits per heavy atom. The van der Waals surface area contributed by atoms with Gasteiger partial charge in [0.25, 0.3) is 0 Å². The van der Waals surface area contributed by atoms with Gasteiger partial charge in [-0.3, -0.25) is 4.98 Å². The number of pyridine rings is 1. The molecule has 1 aromatic heterocycles. The topological polar surface area (TPSA) is 22.1 Å². The summed E-state index contributed by atoms with van der Waals surface area (Å²) in [6.45, 7) is 0. The van der Waals surface area contributed by atoms with Gasteiger partial charge in [0.1, 0.15) is 5.69 Å². The van der Waals surface area contributed by atoms with Crippen molar-refractivity contribution in [3.8, 4) is 17.0 Å². The molecule has 94 valence electrons. The Balaban J connectivity index is 2.69. The minimum absolute atomic E-state index is 0.0590. The van der Waals surface area contributed by atoms with Crippen LogP contribution < -0.4 is 4.74 Å². The smallest absolute Gasteiger partial charge is 0.176 e. The van der Waals surface area contributed by atoms with Crippen LogP contribution in [0, 0.1) is 11.6 Å². The van der Waals surface area contributed by atoms with Gasteiger partial charge in [0, 0.05) is 11.8 Å². The highest BCUT2D eigenvalue weighted by molar-refractivity contribution is 6.32. The van der Waals surface area contributed by atoms with Crippen LogP contribution in [0.25, 0.3) is 11.3 Å². The number of halogens is 4. The van der Waals surface area contributed by atoms with Crippen molar-refractivity contribution >= 4 is 23.2 Å². The molecule has 0 atom stereocenters. The van der Waals surface area contributed by atoms with E-state index in [0.29, 0.717) is 0 Å². The Hall–Kier alpha value is -1.39. The minimum Gasteiger partial charge on any atom is -0.492 e. The van der Waals surface area contributed by atoms with Crippen LogP contribution in [-0.4, -0.2) is 12.1 Å². The zero-order valence-electron chi connectivity index (χ0n) is 9.18. The van der Waals surface area contributed by atoms with Crippen LogP contribution in [0.3, 0.4) is 0 Å². The number of aromatic nitrogens is 1. The fraction of sp³-hybridized carbons (Fsp3) is 0.0833. The standard InChI is InChI=1S/C12H7Cl2F2NO/c1-18-12-8(14)3-2-6(9(12)15)11-10(16)7(13)4-5-17-11/h2-5H,1H3. The lowest BCUT2D eigenvalue weighted by atomic mass is 10.1. The molecule has 2 nitrogen and oxygen atoms in total. The zero-order valence-corrected chi connectivity index (χ0v) is 10.7. The highest BCUT2D eigenvalue weighted by Crippen LogP contribution is 2.35. The number of hydrogen-bond acceptors (Lipinski definition) is 2. The van der Waals surface area contributed by atoms with Gasteiger partial charge in [0.2, 0.25) is 0 Å². The van der Waals surface area contributed by atoms with E-state index in [1.165, 1.54) is 31.5 Å². The average molecular weight is 290 g/mol. The molecule has 2 aromatic rings. The van der Waals surface area contributed by atoms with Crippen LogP contribution in [0.4, 0.5) is 8.78 Å². The van der Waals surface area contributed by atoms with Gasteiger partial charge in [0.05, 0.1) is 17.2 Å². The number of nitrogens with zero attached hydrogens (tertiary/aromatic N) is 1. The van der Waals surface area contributed by atoms with Gasteiger partial charge < -0.3 is 4.74 Å². The Kier molecular flexibility index (Phi) is 3.68. The maximum absolute atomic E-state index is 14.1. The lowest BCUT2D eigenvalue weighted by molar-refractivity contribution is 0.387. The third kappa shape index (κ3) is 2.13. The second-order valence-electron chi connectivity index (χ2n) is 3.40. The van der Waals surface area contributed by atoms with E-state index in [-0.39, 0.29) is 27.1 Å². The van der Waals surface area contributed by atoms with Crippen LogP contribution in [-0.2, 0) is 0 Å². The SMILES string of the molecule is COc1c(Cl)ccc(-c2nccc(Cl)c2F)c1F. The number of ether oxygens (including phenoxy) is 1. The van der Waals surface area contributed by atoms with Crippen molar-refractivity contribution in [3.63, 3.8) is 0 Å². The van der Waals surface area contributed by atoms with Crippen LogP contribution in [0.2, 0.25) is 10.0 Å². The number of rotatable bonds is 2. The summed E-state index contributed by atoms with van der Waals surface area (Å²) in [5, 5.41) is -0.0329. The van der Waals surface area contributed by atoms with Gasteiger partial charge in [-0.15, -0.1) is 0 Å². The van der Waals surface area contributed by atoms with Gasteiger partial charge in [-0.05, 0) is 18.2 Å². The van der Waals surface area contributed by atoms with Crippen molar-refractivity contribution in [2.75, 3.05) is 7.11 Å². The summed E-state index contributed by atoms with van der Waals surface area (Å²) in [5.74, 6) is -1.73. The summed E-state index contributed by atoms with van der Waals surface area (Å²) in [4.78, 5) is 3.78. The summed E-state index contributed by atoms with van der Waals surface area (Å²) in [6, 6.07) is 4.01. The zero-order chi connectivity index (χ0) is 13.3. The first kappa shape index (κ1) is 13.1. The molecule has 0 spiro atoms. The Labute approximate surface area is 112 Å². The molecule has 0 unspecified atom stereocenters. The molecule has 0 fully saturated rings. The second-order valence-corrected chi connectivity index (χ2v) is 4.21. The lowest BCUT2D eigenvalue weighted by Gasteiger charge is -2.09. The fourth-order valence-corrected chi connectivity index (χ4v) is 1.88. The van der Waals surface area contributed by atoms with Gasteiger partial charge in [-0.1, -0.05) is 23.2 Å². The van der Waals surface area contributed by atoms with Gasteiger partial charge >= 0.3 is 0 Å². The van der Waals surface area contributed by atoms with E-state index in [2.05, 4.69) is 4.98 Å². The summed E-state index contributed by atoms with van der Waals surface area (Å²) in [7, 11) is 1.27. The van der Waals surface area contributed by atoms with E-state index in [1.54, 1.807) is 0 Å². The largest absolute Gasteiger partial charge is 0.492 e. The van der Waals surface area contributed by atoms with Gasteiger partial charge in [-0.25, -0.2) is 8.78 Å². The quantitative estimate of drug-likeness (QED) is 0.820. The highest BCUT2D eigenvalue weighted by Gasteiger charge is 2.19. The first-order valence-corrected chi connectivity index (χ1v) is 5.64. The van der Waals surface area contributed by atoms with Crippen molar-refractivity contribution in [1.29, 1.82) is 0 Å². The third-order valence-corrected chi connectivity index (χ3v) is 2.94. The van der Waals surface area contributed by atoms with Crippen molar-refractivity contribution < 1.29 is 13.5 Å². The molecule has 0 aliphatic carbocycles. The Morgan fingerprint density at radius 1 is 1.06 bits per heavy atom. The van der Waals surface area contributed by atoms with Gasteiger partial charge in [0.15, 0.2) is 17.4 Å². The van der Waals surface area contributed by atoms with Crippen LogP contribution in [0.5, 0.6) is 5.75 Å². The molecular weight excluding hydrogens is 283 g/mol. The first-order valence-electron chi connectivity index (χ1n) is 4.88. The Morgan fingerprint density at radius 2 is 1.78 bits per heavy atom. The molecule has 0 aliphatic rings. The lowest BCUT2D eigenvalue weighted by Crippen LogP contribution is -1.96. The first-order chi connectivity index (χ1) is 8.56. The van der Waals surface area contributed by atoms with Gasteiger partial charge in [-0.2, -0.15) is 0 Å². The fourth-order valence-electron chi connectivity index (χ4n) is 1.51. The Bertz CT molecular complexity index is 605. The van der Waals surface area contributed by atoms with Crippen molar-refractivity contribution in [2.45, 2.75) is 0 Å².